The Balaban J connectivity index is 1.98. The number of aromatic nitrogens is 1. The van der Waals surface area contributed by atoms with Gasteiger partial charge >= 0.3 is 0 Å². The Kier molecular flexibility index (Phi) is 4.12. The molecule has 0 fully saturated rings. The second-order valence-electron chi connectivity index (χ2n) is 4.52. The lowest BCUT2D eigenvalue weighted by atomic mass is 10.2. The highest BCUT2D eigenvalue weighted by Crippen LogP contribution is 2.13. The van der Waals surface area contributed by atoms with Gasteiger partial charge in [-0.25, -0.2) is 0 Å². The normalized spacial score (nSPS) is 11.1. The van der Waals surface area contributed by atoms with Gasteiger partial charge in [-0.2, -0.15) is 0 Å². The molecule has 0 radical (unpaired) electrons. The lowest BCUT2D eigenvalue weighted by Gasteiger charge is -2.16. The first-order chi connectivity index (χ1) is 8.69. The Morgan fingerprint density at radius 3 is 2.83 bits per heavy atom. The summed E-state index contributed by atoms with van der Waals surface area (Å²) in [4.78, 5) is 6.70. The van der Waals surface area contributed by atoms with Crippen molar-refractivity contribution in [2.45, 2.75) is 26.6 Å². The fourth-order valence-corrected chi connectivity index (χ4v) is 2.00. The van der Waals surface area contributed by atoms with Gasteiger partial charge in [0.2, 0.25) is 0 Å². The maximum atomic E-state index is 5.62. The highest BCUT2D eigenvalue weighted by molar-refractivity contribution is 5.17. The monoisotopic (exact) mass is 245 g/mol. The number of nitrogens with zero attached hydrogens (tertiary/aromatic N) is 2. The van der Waals surface area contributed by atoms with Crippen LogP contribution in [0.15, 0.2) is 34.9 Å². The summed E-state index contributed by atoms with van der Waals surface area (Å²) >= 11 is 0. The molecule has 0 aliphatic carbocycles. The SMILES string of the molecule is Cc1cccc(CN(C)Cc2ccoc2CN)n1. The van der Waals surface area contributed by atoms with Crippen LogP contribution in [0.1, 0.15) is 22.7 Å². The molecule has 4 nitrogen and oxygen atoms in total. The topological polar surface area (TPSA) is 55.3 Å². The third-order valence-corrected chi connectivity index (χ3v) is 2.84. The zero-order valence-electron chi connectivity index (χ0n) is 10.9. The van der Waals surface area contributed by atoms with Crippen LogP contribution in [0.3, 0.4) is 0 Å². The minimum Gasteiger partial charge on any atom is -0.468 e. The van der Waals surface area contributed by atoms with Gasteiger partial charge in [-0.05, 0) is 32.2 Å². The number of rotatable bonds is 5. The summed E-state index contributed by atoms with van der Waals surface area (Å²) < 4.78 is 5.32. The first-order valence-corrected chi connectivity index (χ1v) is 6.05. The second-order valence-corrected chi connectivity index (χ2v) is 4.52. The summed E-state index contributed by atoms with van der Waals surface area (Å²) in [6.45, 7) is 4.08. The molecule has 0 spiro atoms. The van der Waals surface area contributed by atoms with Crippen LogP contribution in [0.5, 0.6) is 0 Å². The maximum Gasteiger partial charge on any atom is 0.121 e. The Morgan fingerprint density at radius 1 is 1.28 bits per heavy atom. The van der Waals surface area contributed by atoms with E-state index in [4.69, 9.17) is 10.2 Å². The van der Waals surface area contributed by atoms with Gasteiger partial charge in [0, 0.05) is 24.3 Å². The average molecular weight is 245 g/mol. The molecule has 0 saturated heterocycles. The minimum atomic E-state index is 0.443. The summed E-state index contributed by atoms with van der Waals surface area (Å²) in [6.07, 6.45) is 1.69. The van der Waals surface area contributed by atoms with Gasteiger partial charge < -0.3 is 10.2 Å². The van der Waals surface area contributed by atoms with Crippen LogP contribution >= 0.6 is 0 Å². The molecule has 0 atom stereocenters. The molecule has 4 heteroatoms. The van der Waals surface area contributed by atoms with Gasteiger partial charge in [0.15, 0.2) is 0 Å². The largest absolute Gasteiger partial charge is 0.468 e. The molecule has 96 valence electrons. The van der Waals surface area contributed by atoms with Crippen LogP contribution in [0.2, 0.25) is 0 Å². The molecular formula is C14H19N3O. The standard InChI is InChI=1S/C14H19N3O/c1-11-4-3-5-13(16-11)10-17(2)9-12-6-7-18-14(12)8-15/h3-7H,8-10,15H2,1-2H3. The van der Waals surface area contributed by atoms with Gasteiger partial charge in [0.25, 0.3) is 0 Å². The Morgan fingerprint density at radius 2 is 2.11 bits per heavy atom. The number of aryl methyl sites for hydroxylation is 1. The van der Waals surface area contributed by atoms with Crippen molar-refractivity contribution < 1.29 is 4.42 Å². The van der Waals surface area contributed by atoms with E-state index in [-0.39, 0.29) is 0 Å². The van der Waals surface area contributed by atoms with Gasteiger partial charge in [0.1, 0.15) is 5.76 Å². The van der Waals surface area contributed by atoms with Crippen molar-refractivity contribution in [3.63, 3.8) is 0 Å². The number of pyridine rings is 1. The van der Waals surface area contributed by atoms with Crippen LogP contribution in [0.25, 0.3) is 0 Å². The fraction of sp³-hybridized carbons (Fsp3) is 0.357. The van der Waals surface area contributed by atoms with Crippen molar-refractivity contribution >= 4 is 0 Å². The van der Waals surface area contributed by atoms with Gasteiger partial charge in [-0.15, -0.1) is 0 Å². The van der Waals surface area contributed by atoms with E-state index in [1.165, 1.54) is 0 Å². The lowest BCUT2D eigenvalue weighted by Crippen LogP contribution is -2.18. The highest BCUT2D eigenvalue weighted by atomic mass is 16.3. The maximum absolute atomic E-state index is 5.62. The predicted molar refractivity (Wildman–Crippen MR) is 70.7 cm³/mol. The van der Waals surface area contributed by atoms with E-state index in [1.807, 2.05) is 31.2 Å². The third kappa shape index (κ3) is 3.18. The molecule has 18 heavy (non-hydrogen) atoms. The van der Waals surface area contributed by atoms with Crippen LogP contribution in [-0.2, 0) is 19.6 Å². The van der Waals surface area contributed by atoms with Gasteiger partial charge in [0.05, 0.1) is 18.5 Å². The quantitative estimate of drug-likeness (QED) is 0.876. The molecule has 0 aliphatic rings. The predicted octanol–water partition coefficient (Wildman–Crippen LogP) is 2.07. The van der Waals surface area contributed by atoms with Crippen molar-refractivity contribution in [1.29, 1.82) is 0 Å². The molecule has 2 aromatic rings. The highest BCUT2D eigenvalue weighted by Gasteiger charge is 2.08. The Labute approximate surface area is 107 Å². The molecule has 0 aliphatic heterocycles. The number of hydrogen-bond donors (Lipinski definition) is 1. The Hall–Kier alpha value is -1.65. The van der Waals surface area contributed by atoms with Crippen molar-refractivity contribution in [3.05, 3.63) is 53.2 Å². The summed E-state index contributed by atoms with van der Waals surface area (Å²) in [6, 6.07) is 8.06. The van der Waals surface area contributed by atoms with Crippen molar-refractivity contribution in [2.24, 2.45) is 5.73 Å². The van der Waals surface area contributed by atoms with Gasteiger partial charge in [-0.1, -0.05) is 6.07 Å². The molecule has 0 unspecified atom stereocenters. The zero-order valence-corrected chi connectivity index (χ0v) is 10.9. The first kappa shape index (κ1) is 12.8. The average Bonchev–Trinajstić information content (AvgIpc) is 2.76. The molecular weight excluding hydrogens is 226 g/mol. The Bertz CT molecular complexity index is 507. The van der Waals surface area contributed by atoms with E-state index in [9.17, 15) is 0 Å². The molecule has 2 rings (SSSR count). The molecule has 2 aromatic heterocycles. The smallest absolute Gasteiger partial charge is 0.121 e. The fourth-order valence-electron chi connectivity index (χ4n) is 2.00. The number of nitrogens with two attached hydrogens (primary N) is 1. The van der Waals surface area contributed by atoms with E-state index >= 15 is 0 Å². The van der Waals surface area contributed by atoms with Crippen LogP contribution < -0.4 is 5.73 Å². The van der Waals surface area contributed by atoms with E-state index in [0.717, 1.165) is 35.8 Å². The van der Waals surface area contributed by atoms with Crippen LogP contribution in [0.4, 0.5) is 0 Å². The lowest BCUT2D eigenvalue weighted by molar-refractivity contribution is 0.311. The van der Waals surface area contributed by atoms with Crippen LogP contribution in [-0.4, -0.2) is 16.9 Å². The van der Waals surface area contributed by atoms with E-state index < -0.39 is 0 Å². The second kappa shape index (κ2) is 5.80. The summed E-state index contributed by atoms with van der Waals surface area (Å²) in [5.41, 5.74) is 8.89. The van der Waals surface area contributed by atoms with Crippen molar-refractivity contribution in [1.82, 2.24) is 9.88 Å². The molecule has 0 saturated carbocycles. The summed E-state index contributed by atoms with van der Waals surface area (Å²) in [5.74, 6) is 0.860. The molecule has 0 amide bonds. The molecule has 0 aromatic carbocycles. The summed E-state index contributed by atoms with van der Waals surface area (Å²) in [5, 5.41) is 0. The molecule has 0 bridgehead atoms. The number of furan rings is 1. The van der Waals surface area contributed by atoms with Gasteiger partial charge in [-0.3, -0.25) is 9.88 Å². The van der Waals surface area contributed by atoms with E-state index in [2.05, 4.69) is 16.9 Å². The van der Waals surface area contributed by atoms with E-state index in [1.54, 1.807) is 6.26 Å². The van der Waals surface area contributed by atoms with Crippen molar-refractivity contribution in [3.8, 4) is 0 Å². The third-order valence-electron chi connectivity index (χ3n) is 2.84. The van der Waals surface area contributed by atoms with Crippen molar-refractivity contribution in [2.75, 3.05) is 7.05 Å². The van der Waals surface area contributed by atoms with E-state index in [0.29, 0.717) is 6.54 Å². The minimum absolute atomic E-state index is 0.443. The summed E-state index contributed by atoms with van der Waals surface area (Å²) in [7, 11) is 2.07. The first-order valence-electron chi connectivity index (χ1n) is 6.05. The molecule has 2 heterocycles. The van der Waals surface area contributed by atoms with Crippen LogP contribution in [0, 0.1) is 6.92 Å². The number of hydrogen-bond acceptors (Lipinski definition) is 4. The molecule has 2 N–H and O–H groups in total. The zero-order chi connectivity index (χ0) is 13.0.